The number of thiophene rings is 1. The highest BCUT2D eigenvalue weighted by atomic mass is 32.1. The van der Waals surface area contributed by atoms with Gasteiger partial charge in [0.1, 0.15) is 16.6 Å². The van der Waals surface area contributed by atoms with Gasteiger partial charge in [0.2, 0.25) is 0 Å². The Morgan fingerprint density at radius 3 is 2.61 bits per heavy atom. The molecule has 3 aliphatic heterocycles. The Balaban J connectivity index is 1.19. The molecule has 36 heavy (non-hydrogen) atoms. The maximum Gasteiger partial charge on any atom is 0.425 e. The molecule has 3 N–H and O–H groups in total. The number of cyclic esters (lactones) is 1. The van der Waals surface area contributed by atoms with Crippen LogP contribution in [0.2, 0.25) is 0 Å². The summed E-state index contributed by atoms with van der Waals surface area (Å²) in [6.45, 7) is 1.99. The van der Waals surface area contributed by atoms with E-state index >= 15 is 0 Å². The van der Waals surface area contributed by atoms with E-state index in [4.69, 9.17) is 15.2 Å². The van der Waals surface area contributed by atoms with Crippen molar-refractivity contribution in [2.24, 2.45) is 16.1 Å². The summed E-state index contributed by atoms with van der Waals surface area (Å²) in [5.41, 5.74) is 6.28. The molecule has 0 amide bonds. The van der Waals surface area contributed by atoms with Crippen LogP contribution < -0.4 is 5.73 Å². The molecule has 0 aromatic carbocycles. The minimum absolute atomic E-state index is 0.00772. The normalized spacial score (nSPS) is 25.9. The van der Waals surface area contributed by atoms with E-state index in [1.807, 2.05) is 0 Å². The van der Waals surface area contributed by atoms with Crippen LogP contribution in [0.4, 0.5) is 13.2 Å². The molecule has 2 spiro atoms. The number of ether oxygens (including phenoxy) is 2. The molecule has 4 aliphatic rings. The lowest BCUT2D eigenvalue weighted by Crippen LogP contribution is -2.46. The number of rotatable bonds is 6. The average Bonchev–Trinajstić information content (AvgIpc) is 3.38. The molecule has 1 saturated carbocycles. The first kappa shape index (κ1) is 25.7. The molecule has 1 aromatic rings. The summed E-state index contributed by atoms with van der Waals surface area (Å²) in [5, 5.41) is 9.68. The van der Waals surface area contributed by atoms with Crippen molar-refractivity contribution in [1.82, 2.24) is 4.90 Å². The van der Waals surface area contributed by atoms with Crippen LogP contribution in [0.3, 0.4) is 0 Å². The number of likely N-dealkylation sites (tertiary alicyclic amines) is 1. The zero-order chi connectivity index (χ0) is 25.6. The first-order chi connectivity index (χ1) is 17.2. The van der Waals surface area contributed by atoms with Gasteiger partial charge in [-0.15, -0.1) is 11.3 Å². The fourth-order valence-electron chi connectivity index (χ4n) is 6.02. The van der Waals surface area contributed by atoms with Crippen molar-refractivity contribution < 1.29 is 32.5 Å². The molecule has 0 bridgehead atoms. The van der Waals surface area contributed by atoms with E-state index in [0.29, 0.717) is 62.5 Å². The molecule has 3 fully saturated rings. The van der Waals surface area contributed by atoms with Crippen LogP contribution in [-0.2, 0) is 39.1 Å². The summed E-state index contributed by atoms with van der Waals surface area (Å²) in [4.78, 5) is 18.7. The maximum absolute atomic E-state index is 13.6. The van der Waals surface area contributed by atoms with E-state index in [1.54, 1.807) is 6.21 Å². The van der Waals surface area contributed by atoms with Crippen molar-refractivity contribution in [1.29, 1.82) is 0 Å². The number of carbonyl (C=O) groups is 1. The predicted octanol–water partition coefficient (Wildman–Crippen LogP) is 3.52. The fourth-order valence-corrected chi connectivity index (χ4v) is 7.45. The standard InChI is InChI=1S/C25H32F3N3O4S/c26-25(27,28)21-19(15-32)18-2-9-34-24(20(18)36-21)5-7-31(8-6-24)14-16(11-29)12-30-13-17-10-23(3-1-4-23)22(33)35-17/h11-12,17,32H,1-10,13-15,29H2/b16-11+,30-12?. The Hall–Kier alpha value is -1.95. The van der Waals surface area contributed by atoms with E-state index in [0.717, 1.165) is 42.6 Å². The number of aliphatic imine (C=N–C) groups is 1. The third-order valence-electron chi connectivity index (χ3n) is 8.16. The van der Waals surface area contributed by atoms with E-state index in [-0.39, 0.29) is 23.1 Å². The van der Waals surface area contributed by atoms with Gasteiger partial charge in [-0.3, -0.25) is 14.7 Å². The highest BCUT2D eigenvalue weighted by Gasteiger charge is 2.52. The lowest BCUT2D eigenvalue weighted by molar-refractivity contribution is -0.152. The van der Waals surface area contributed by atoms with Crippen molar-refractivity contribution in [2.75, 3.05) is 32.8 Å². The van der Waals surface area contributed by atoms with Crippen LogP contribution in [0.15, 0.2) is 16.8 Å². The number of halogens is 3. The van der Waals surface area contributed by atoms with Gasteiger partial charge >= 0.3 is 12.1 Å². The first-order valence-electron chi connectivity index (χ1n) is 12.5. The second-order valence-electron chi connectivity index (χ2n) is 10.3. The highest BCUT2D eigenvalue weighted by Crippen LogP contribution is 2.51. The van der Waals surface area contributed by atoms with Gasteiger partial charge in [-0.05, 0) is 49.4 Å². The third-order valence-corrected chi connectivity index (χ3v) is 9.67. The van der Waals surface area contributed by atoms with Gasteiger partial charge in [0.15, 0.2) is 0 Å². The Bertz CT molecular complexity index is 1060. The van der Waals surface area contributed by atoms with Gasteiger partial charge in [-0.25, -0.2) is 0 Å². The second kappa shape index (κ2) is 9.74. The number of nitrogens with two attached hydrogens (primary N) is 1. The Kier molecular flexibility index (Phi) is 6.95. The number of alkyl halides is 3. The van der Waals surface area contributed by atoms with Crippen LogP contribution in [-0.4, -0.2) is 61.1 Å². The van der Waals surface area contributed by atoms with Crippen LogP contribution in [0.25, 0.3) is 0 Å². The Labute approximate surface area is 212 Å². The molecule has 11 heteroatoms. The summed E-state index contributed by atoms with van der Waals surface area (Å²) in [6, 6.07) is 0. The maximum atomic E-state index is 13.6. The summed E-state index contributed by atoms with van der Waals surface area (Å²) in [7, 11) is 0. The molecule has 198 valence electrons. The van der Waals surface area contributed by atoms with E-state index in [9.17, 15) is 23.1 Å². The third kappa shape index (κ3) is 4.59. The molecule has 5 rings (SSSR count). The Morgan fingerprint density at radius 2 is 2.03 bits per heavy atom. The monoisotopic (exact) mass is 527 g/mol. The minimum atomic E-state index is -4.49. The summed E-state index contributed by atoms with van der Waals surface area (Å²) >= 11 is 0.730. The number of hydrogen-bond acceptors (Lipinski definition) is 8. The van der Waals surface area contributed by atoms with Gasteiger partial charge in [0.25, 0.3) is 0 Å². The number of piperidine rings is 1. The SMILES string of the molecule is N/C=C(\C=NCC1CC2(CCC2)C(=O)O1)CN1CCC2(CC1)OCCc1c2sc(C(F)(F)F)c1CO. The summed E-state index contributed by atoms with van der Waals surface area (Å²) in [6.07, 6.45) is 3.71. The second-order valence-corrected chi connectivity index (χ2v) is 11.4. The molecule has 1 aromatic heterocycles. The predicted molar refractivity (Wildman–Crippen MR) is 129 cm³/mol. The lowest BCUT2D eigenvalue weighted by atomic mass is 9.67. The molecule has 4 heterocycles. The molecular formula is C25H32F3N3O4S. The van der Waals surface area contributed by atoms with Gasteiger partial charge < -0.3 is 20.3 Å². The number of fused-ring (bicyclic) bond motifs is 2. The van der Waals surface area contributed by atoms with Crippen LogP contribution in [0, 0.1) is 5.41 Å². The summed E-state index contributed by atoms with van der Waals surface area (Å²) < 4.78 is 52.4. The van der Waals surface area contributed by atoms with Gasteiger partial charge in [0.05, 0.1) is 25.2 Å². The van der Waals surface area contributed by atoms with Crippen molar-refractivity contribution in [3.05, 3.63) is 32.7 Å². The van der Waals surface area contributed by atoms with Crippen molar-refractivity contribution in [3.8, 4) is 0 Å². The molecule has 1 aliphatic carbocycles. The molecule has 0 radical (unpaired) electrons. The first-order valence-corrected chi connectivity index (χ1v) is 13.3. The van der Waals surface area contributed by atoms with E-state index < -0.39 is 23.3 Å². The van der Waals surface area contributed by atoms with Crippen molar-refractivity contribution in [2.45, 2.75) is 69.4 Å². The van der Waals surface area contributed by atoms with Crippen LogP contribution in [0.1, 0.15) is 59.4 Å². The van der Waals surface area contributed by atoms with E-state index in [1.165, 1.54) is 6.20 Å². The zero-order valence-corrected chi connectivity index (χ0v) is 20.9. The number of aliphatic hydroxyl groups is 1. The van der Waals surface area contributed by atoms with Crippen LogP contribution in [0.5, 0.6) is 0 Å². The van der Waals surface area contributed by atoms with Crippen molar-refractivity contribution in [3.63, 3.8) is 0 Å². The van der Waals surface area contributed by atoms with Gasteiger partial charge in [-0.2, -0.15) is 13.2 Å². The molecule has 2 saturated heterocycles. The number of aliphatic hydroxyl groups excluding tert-OH is 1. The van der Waals surface area contributed by atoms with Crippen LogP contribution >= 0.6 is 11.3 Å². The quantitative estimate of drug-likeness (QED) is 0.434. The zero-order valence-electron chi connectivity index (χ0n) is 20.1. The largest absolute Gasteiger partial charge is 0.460 e. The average molecular weight is 528 g/mol. The molecular weight excluding hydrogens is 495 g/mol. The molecule has 1 atom stereocenters. The van der Waals surface area contributed by atoms with Crippen molar-refractivity contribution >= 4 is 23.5 Å². The molecule has 1 unspecified atom stereocenters. The number of carbonyl (C=O) groups excluding carboxylic acids is 1. The van der Waals surface area contributed by atoms with Gasteiger partial charge in [0, 0.05) is 42.7 Å². The Morgan fingerprint density at radius 1 is 1.28 bits per heavy atom. The lowest BCUT2D eigenvalue weighted by Gasteiger charge is -2.44. The number of esters is 1. The van der Waals surface area contributed by atoms with Gasteiger partial charge in [-0.1, -0.05) is 6.42 Å². The number of nitrogens with zero attached hydrogens (tertiary/aromatic N) is 2. The minimum Gasteiger partial charge on any atom is -0.460 e. The highest BCUT2D eigenvalue weighted by molar-refractivity contribution is 7.12. The molecule has 7 nitrogen and oxygen atoms in total. The summed E-state index contributed by atoms with van der Waals surface area (Å²) in [5.74, 6) is -0.0851. The number of hydrogen-bond donors (Lipinski definition) is 2. The fraction of sp³-hybridized carbons (Fsp3) is 0.680. The van der Waals surface area contributed by atoms with E-state index in [2.05, 4.69) is 9.89 Å². The topological polar surface area (TPSA) is 97.4 Å². The smallest absolute Gasteiger partial charge is 0.425 e.